The smallest absolute Gasteiger partial charge is 0.341 e. The number of esters is 1. The lowest BCUT2D eigenvalue weighted by Gasteiger charge is -2.33. The van der Waals surface area contributed by atoms with Crippen LogP contribution in [0.3, 0.4) is 0 Å². The minimum absolute atomic E-state index is 0.114. The van der Waals surface area contributed by atoms with Crippen LogP contribution in [0.5, 0.6) is 5.75 Å². The van der Waals surface area contributed by atoms with Crippen molar-refractivity contribution in [1.82, 2.24) is 0 Å². The summed E-state index contributed by atoms with van der Waals surface area (Å²) in [6.07, 6.45) is 2.78. The SMILES string of the molecule is COC(=O)c1c(NC(=O)COc2ccc(C)cc2)sc2c1CCC(C(C)(C)C)C2. The molecule has 0 saturated carbocycles. The first-order valence-electron chi connectivity index (χ1n) is 9.91. The van der Waals surface area contributed by atoms with Crippen LogP contribution in [0, 0.1) is 18.3 Å². The third-order valence-corrected chi connectivity index (χ3v) is 6.69. The zero-order chi connectivity index (χ0) is 21.2. The van der Waals surface area contributed by atoms with Gasteiger partial charge in [0.1, 0.15) is 10.8 Å². The summed E-state index contributed by atoms with van der Waals surface area (Å²) < 4.78 is 10.6. The molecule has 1 aromatic carbocycles. The van der Waals surface area contributed by atoms with E-state index in [0.29, 0.717) is 22.2 Å². The summed E-state index contributed by atoms with van der Waals surface area (Å²) in [6, 6.07) is 7.53. The molecule has 1 amide bonds. The van der Waals surface area contributed by atoms with E-state index < -0.39 is 5.97 Å². The average molecular weight is 416 g/mol. The van der Waals surface area contributed by atoms with Gasteiger partial charge in [-0.25, -0.2) is 4.79 Å². The van der Waals surface area contributed by atoms with Gasteiger partial charge >= 0.3 is 5.97 Å². The van der Waals surface area contributed by atoms with Crippen LogP contribution < -0.4 is 10.1 Å². The molecule has 6 heteroatoms. The predicted octanol–water partition coefficient (Wildman–Crippen LogP) is 5.01. The molecule has 1 unspecified atom stereocenters. The zero-order valence-corrected chi connectivity index (χ0v) is 18.6. The molecule has 29 heavy (non-hydrogen) atoms. The normalized spacial score (nSPS) is 16.1. The van der Waals surface area contributed by atoms with Gasteiger partial charge < -0.3 is 14.8 Å². The summed E-state index contributed by atoms with van der Waals surface area (Å²) in [5, 5.41) is 3.44. The molecule has 156 valence electrons. The van der Waals surface area contributed by atoms with Crippen LogP contribution in [0.15, 0.2) is 24.3 Å². The van der Waals surface area contributed by atoms with Crippen LogP contribution in [0.2, 0.25) is 0 Å². The number of hydrogen-bond donors (Lipinski definition) is 1. The van der Waals surface area contributed by atoms with Crippen LogP contribution >= 0.6 is 11.3 Å². The Morgan fingerprint density at radius 2 is 1.90 bits per heavy atom. The highest BCUT2D eigenvalue weighted by Gasteiger charge is 2.34. The van der Waals surface area contributed by atoms with Gasteiger partial charge in [-0.1, -0.05) is 38.5 Å². The molecule has 0 radical (unpaired) electrons. The van der Waals surface area contributed by atoms with Crippen molar-refractivity contribution < 1.29 is 19.1 Å². The largest absolute Gasteiger partial charge is 0.484 e. The summed E-state index contributed by atoms with van der Waals surface area (Å²) in [5.41, 5.74) is 2.86. The average Bonchev–Trinajstić information content (AvgIpc) is 3.03. The molecule has 1 heterocycles. The van der Waals surface area contributed by atoms with E-state index in [1.54, 1.807) is 0 Å². The quantitative estimate of drug-likeness (QED) is 0.697. The minimum atomic E-state index is -0.397. The van der Waals surface area contributed by atoms with Crippen molar-refractivity contribution in [1.29, 1.82) is 0 Å². The first kappa shape index (κ1) is 21.4. The summed E-state index contributed by atoms with van der Waals surface area (Å²) in [7, 11) is 1.37. The molecule has 1 aliphatic carbocycles. The molecule has 0 bridgehead atoms. The molecule has 2 aromatic rings. The van der Waals surface area contributed by atoms with Crippen LogP contribution in [0.1, 0.15) is 53.6 Å². The van der Waals surface area contributed by atoms with Gasteiger partial charge in [-0.2, -0.15) is 0 Å². The lowest BCUT2D eigenvalue weighted by atomic mass is 9.72. The van der Waals surface area contributed by atoms with E-state index in [1.807, 2.05) is 31.2 Å². The maximum Gasteiger partial charge on any atom is 0.341 e. The van der Waals surface area contributed by atoms with Crippen molar-refractivity contribution in [2.24, 2.45) is 11.3 Å². The zero-order valence-electron chi connectivity index (χ0n) is 17.8. The Hall–Kier alpha value is -2.34. The molecule has 0 saturated heterocycles. The van der Waals surface area contributed by atoms with Gasteiger partial charge in [0, 0.05) is 4.88 Å². The molecule has 3 rings (SSSR count). The number of aryl methyl sites for hydroxylation is 1. The first-order chi connectivity index (χ1) is 13.7. The Kier molecular flexibility index (Phi) is 6.32. The number of methoxy groups -OCH3 is 1. The van der Waals surface area contributed by atoms with Crippen molar-refractivity contribution in [3.05, 3.63) is 45.8 Å². The Morgan fingerprint density at radius 1 is 1.21 bits per heavy atom. The monoisotopic (exact) mass is 415 g/mol. The van der Waals surface area contributed by atoms with Crippen molar-refractivity contribution >= 4 is 28.2 Å². The van der Waals surface area contributed by atoms with E-state index in [0.717, 1.165) is 30.4 Å². The van der Waals surface area contributed by atoms with Crippen LogP contribution in [0.25, 0.3) is 0 Å². The third kappa shape index (κ3) is 4.99. The second-order valence-electron chi connectivity index (χ2n) is 8.66. The number of carbonyl (C=O) groups is 2. The Bertz CT molecular complexity index is 893. The highest BCUT2D eigenvalue weighted by molar-refractivity contribution is 7.17. The fourth-order valence-electron chi connectivity index (χ4n) is 3.68. The predicted molar refractivity (Wildman–Crippen MR) is 116 cm³/mol. The number of rotatable bonds is 5. The lowest BCUT2D eigenvalue weighted by Crippen LogP contribution is -2.26. The number of amides is 1. The number of fused-ring (bicyclic) bond motifs is 1. The number of thiophene rings is 1. The Labute approximate surface area is 176 Å². The molecule has 0 aliphatic heterocycles. The fourth-order valence-corrected chi connectivity index (χ4v) is 5.01. The molecular formula is C23H29NO4S. The van der Waals surface area contributed by atoms with Crippen LogP contribution in [0.4, 0.5) is 5.00 Å². The van der Waals surface area contributed by atoms with Gasteiger partial charge in [0.05, 0.1) is 12.7 Å². The Balaban J connectivity index is 1.76. The molecule has 0 spiro atoms. The number of hydrogen-bond acceptors (Lipinski definition) is 5. The minimum Gasteiger partial charge on any atom is -0.484 e. The maximum absolute atomic E-state index is 12.5. The van der Waals surface area contributed by atoms with Crippen molar-refractivity contribution in [3.63, 3.8) is 0 Å². The van der Waals surface area contributed by atoms with Gasteiger partial charge in [0.2, 0.25) is 0 Å². The van der Waals surface area contributed by atoms with E-state index >= 15 is 0 Å². The fraction of sp³-hybridized carbons (Fsp3) is 0.478. The topological polar surface area (TPSA) is 64.6 Å². The van der Waals surface area contributed by atoms with E-state index in [9.17, 15) is 9.59 Å². The summed E-state index contributed by atoms with van der Waals surface area (Å²) in [6.45, 7) is 8.64. The standard InChI is InChI=1S/C23H29NO4S/c1-14-6-9-16(10-7-14)28-13-19(25)24-21-20(22(26)27-5)17-11-8-15(23(2,3)4)12-18(17)29-21/h6-7,9-10,15H,8,11-13H2,1-5H3,(H,24,25). The number of benzene rings is 1. The molecule has 1 atom stereocenters. The second-order valence-corrected chi connectivity index (χ2v) is 9.76. The number of ether oxygens (including phenoxy) is 2. The lowest BCUT2D eigenvalue weighted by molar-refractivity contribution is -0.118. The Morgan fingerprint density at radius 3 is 2.52 bits per heavy atom. The van der Waals surface area contributed by atoms with Crippen LogP contribution in [-0.4, -0.2) is 25.6 Å². The van der Waals surface area contributed by atoms with E-state index in [1.165, 1.54) is 23.3 Å². The third-order valence-electron chi connectivity index (χ3n) is 5.52. The van der Waals surface area contributed by atoms with Crippen molar-refractivity contribution in [2.75, 3.05) is 19.0 Å². The van der Waals surface area contributed by atoms with Crippen molar-refractivity contribution in [2.45, 2.75) is 47.0 Å². The van der Waals surface area contributed by atoms with E-state index in [2.05, 4.69) is 26.1 Å². The summed E-state index contributed by atoms with van der Waals surface area (Å²) in [5.74, 6) is 0.498. The molecule has 0 fully saturated rings. The second kappa shape index (κ2) is 8.57. The van der Waals surface area contributed by atoms with Gasteiger partial charge in [-0.05, 0) is 55.2 Å². The number of carbonyl (C=O) groups excluding carboxylic acids is 2. The van der Waals surface area contributed by atoms with E-state index in [4.69, 9.17) is 9.47 Å². The number of anilines is 1. The maximum atomic E-state index is 12.5. The molecular weight excluding hydrogens is 386 g/mol. The van der Waals surface area contributed by atoms with Gasteiger partial charge in [-0.3, -0.25) is 4.79 Å². The molecule has 1 aromatic heterocycles. The van der Waals surface area contributed by atoms with Gasteiger partial charge in [0.15, 0.2) is 6.61 Å². The summed E-state index contributed by atoms with van der Waals surface area (Å²) >= 11 is 1.49. The molecule has 1 N–H and O–H groups in total. The number of nitrogens with one attached hydrogen (secondary N) is 1. The van der Waals surface area contributed by atoms with E-state index in [-0.39, 0.29) is 17.9 Å². The van der Waals surface area contributed by atoms with Gasteiger partial charge in [-0.15, -0.1) is 11.3 Å². The highest BCUT2D eigenvalue weighted by Crippen LogP contribution is 2.44. The molecule has 5 nitrogen and oxygen atoms in total. The first-order valence-corrected chi connectivity index (χ1v) is 10.7. The highest BCUT2D eigenvalue weighted by atomic mass is 32.1. The summed E-state index contributed by atoms with van der Waals surface area (Å²) in [4.78, 5) is 26.1. The molecule has 1 aliphatic rings. The van der Waals surface area contributed by atoms with Crippen LogP contribution in [-0.2, 0) is 22.4 Å². The van der Waals surface area contributed by atoms with Crippen molar-refractivity contribution in [3.8, 4) is 5.75 Å². The van der Waals surface area contributed by atoms with Gasteiger partial charge in [0.25, 0.3) is 5.91 Å².